The lowest BCUT2D eigenvalue weighted by atomic mass is 9.85. The number of hydrogen-bond acceptors (Lipinski definition) is 6. The fraction of sp³-hybridized carbons (Fsp3) is 0.471. The SMILES string of the molecule is COc1cc(CCCN)c(-c2cc(C)c(-c3cc(CCCN)c(OC)cc3CCCN)cc2C)cc1CCCN. The second-order valence-electron chi connectivity index (χ2n) is 10.7. The minimum absolute atomic E-state index is 0.655. The van der Waals surface area contributed by atoms with Crippen LogP contribution in [-0.2, 0) is 25.7 Å². The van der Waals surface area contributed by atoms with Crippen LogP contribution in [0.2, 0.25) is 0 Å². The van der Waals surface area contributed by atoms with Crippen LogP contribution in [0, 0.1) is 13.8 Å². The molecule has 3 aromatic rings. The average Bonchev–Trinajstić information content (AvgIpc) is 2.97. The van der Waals surface area contributed by atoms with Gasteiger partial charge in [0, 0.05) is 0 Å². The van der Waals surface area contributed by atoms with Crippen molar-refractivity contribution in [1.29, 1.82) is 0 Å². The Kier molecular flexibility index (Phi) is 12.5. The first kappa shape index (κ1) is 31.6. The van der Waals surface area contributed by atoms with Crippen molar-refractivity contribution in [3.8, 4) is 33.8 Å². The summed E-state index contributed by atoms with van der Waals surface area (Å²) in [6.07, 6.45) is 7.29. The molecule has 8 N–H and O–H groups in total. The van der Waals surface area contributed by atoms with Crippen LogP contribution in [0.5, 0.6) is 11.5 Å². The van der Waals surface area contributed by atoms with Gasteiger partial charge in [0.1, 0.15) is 11.5 Å². The molecular formula is C34H50N4O2. The third-order valence-electron chi connectivity index (χ3n) is 7.77. The number of methoxy groups -OCH3 is 2. The van der Waals surface area contributed by atoms with E-state index in [4.69, 9.17) is 32.4 Å². The van der Waals surface area contributed by atoms with Crippen LogP contribution in [-0.4, -0.2) is 40.4 Å². The van der Waals surface area contributed by atoms with E-state index in [1.54, 1.807) is 14.2 Å². The summed E-state index contributed by atoms with van der Waals surface area (Å²) in [7, 11) is 3.49. The first-order valence-corrected chi connectivity index (χ1v) is 14.7. The predicted octanol–water partition coefficient (Wildman–Crippen LogP) is 5.22. The van der Waals surface area contributed by atoms with Crippen LogP contribution < -0.4 is 32.4 Å². The minimum Gasteiger partial charge on any atom is -0.496 e. The van der Waals surface area contributed by atoms with Crippen molar-refractivity contribution >= 4 is 0 Å². The predicted molar refractivity (Wildman–Crippen MR) is 169 cm³/mol. The van der Waals surface area contributed by atoms with E-state index < -0.39 is 0 Å². The lowest BCUT2D eigenvalue weighted by Crippen LogP contribution is -2.06. The van der Waals surface area contributed by atoms with Gasteiger partial charge >= 0.3 is 0 Å². The smallest absolute Gasteiger partial charge is 0.122 e. The molecule has 0 aliphatic heterocycles. The van der Waals surface area contributed by atoms with Gasteiger partial charge in [-0.1, -0.05) is 12.1 Å². The van der Waals surface area contributed by atoms with Crippen molar-refractivity contribution in [2.45, 2.75) is 65.2 Å². The maximum Gasteiger partial charge on any atom is 0.122 e. The number of hydrogen-bond donors (Lipinski definition) is 4. The Hall–Kier alpha value is -2.90. The van der Waals surface area contributed by atoms with Crippen LogP contribution in [0.1, 0.15) is 59.1 Å². The number of ether oxygens (including phenoxy) is 2. The van der Waals surface area contributed by atoms with Gasteiger partial charge in [0.05, 0.1) is 14.2 Å². The number of aryl methyl sites for hydroxylation is 6. The molecule has 6 heteroatoms. The van der Waals surface area contributed by atoms with Crippen molar-refractivity contribution in [2.75, 3.05) is 40.4 Å². The molecule has 0 aliphatic rings. The van der Waals surface area contributed by atoms with E-state index in [9.17, 15) is 0 Å². The second kappa shape index (κ2) is 15.8. The molecule has 0 heterocycles. The maximum absolute atomic E-state index is 5.91. The van der Waals surface area contributed by atoms with Crippen LogP contribution in [0.15, 0.2) is 36.4 Å². The number of nitrogens with two attached hydrogens (primary N) is 4. The highest BCUT2D eigenvalue weighted by Crippen LogP contribution is 2.39. The van der Waals surface area contributed by atoms with Gasteiger partial charge in [0.15, 0.2) is 0 Å². The third-order valence-corrected chi connectivity index (χ3v) is 7.77. The molecule has 0 atom stereocenters. The molecular weight excluding hydrogens is 496 g/mol. The van der Waals surface area contributed by atoms with E-state index in [0.717, 1.165) is 62.9 Å². The molecule has 0 aliphatic carbocycles. The summed E-state index contributed by atoms with van der Waals surface area (Å²) in [6, 6.07) is 13.7. The normalized spacial score (nSPS) is 11.2. The van der Waals surface area contributed by atoms with Crippen LogP contribution in [0.4, 0.5) is 0 Å². The van der Waals surface area contributed by atoms with Gasteiger partial charge in [0.25, 0.3) is 0 Å². The molecule has 3 aromatic carbocycles. The van der Waals surface area contributed by atoms with Crippen LogP contribution >= 0.6 is 0 Å². The quantitative estimate of drug-likeness (QED) is 0.195. The van der Waals surface area contributed by atoms with E-state index in [0.29, 0.717) is 26.2 Å². The molecule has 0 bridgehead atoms. The zero-order valence-electron chi connectivity index (χ0n) is 25.1. The van der Waals surface area contributed by atoms with Gasteiger partial charge in [-0.05, 0) is 171 Å². The summed E-state index contributed by atoms with van der Waals surface area (Å²) >= 11 is 0. The minimum atomic E-state index is 0.655. The zero-order valence-corrected chi connectivity index (χ0v) is 25.1. The summed E-state index contributed by atoms with van der Waals surface area (Å²) in [6.45, 7) is 7.05. The third kappa shape index (κ3) is 7.64. The van der Waals surface area contributed by atoms with Crippen molar-refractivity contribution in [2.24, 2.45) is 22.9 Å². The molecule has 0 saturated carbocycles. The van der Waals surface area contributed by atoms with Crippen molar-refractivity contribution in [1.82, 2.24) is 0 Å². The fourth-order valence-electron chi connectivity index (χ4n) is 5.59. The average molecular weight is 547 g/mol. The molecule has 40 heavy (non-hydrogen) atoms. The lowest BCUT2D eigenvalue weighted by molar-refractivity contribution is 0.408. The topological polar surface area (TPSA) is 123 Å². The molecule has 0 spiro atoms. The van der Waals surface area contributed by atoms with Gasteiger partial charge in [-0.25, -0.2) is 0 Å². The highest BCUT2D eigenvalue weighted by Gasteiger charge is 2.18. The van der Waals surface area contributed by atoms with Gasteiger partial charge in [-0.15, -0.1) is 0 Å². The molecule has 218 valence electrons. The van der Waals surface area contributed by atoms with Gasteiger partial charge < -0.3 is 32.4 Å². The van der Waals surface area contributed by atoms with Gasteiger partial charge in [-0.2, -0.15) is 0 Å². The number of rotatable bonds is 16. The summed E-state index contributed by atoms with van der Waals surface area (Å²) in [5.41, 5.74) is 36.0. The molecule has 0 saturated heterocycles. The Labute approximate surface area is 241 Å². The summed E-state index contributed by atoms with van der Waals surface area (Å²) < 4.78 is 11.6. The zero-order chi connectivity index (χ0) is 29.1. The lowest BCUT2D eigenvalue weighted by Gasteiger charge is -2.21. The Bertz CT molecular complexity index is 1160. The summed E-state index contributed by atoms with van der Waals surface area (Å²) in [5, 5.41) is 0. The molecule has 6 nitrogen and oxygen atoms in total. The maximum atomic E-state index is 5.91. The van der Waals surface area contributed by atoms with Crippen LogP contribution in [0.3, 0.4) is 0 Å². The Balaban J connectivity index is 2.19. The fourth-order valence-corrected chi connectivity index (χ4v) is 5.59. The van der Waals surface area contributed by atoms with E-state index in [1.165, 1.54) is 55.6 Å². The Morgan fingerprint density at radius 1 is 0.450 bits per heavy atom. The standard InChI is InChI=1S/C34H50N4O2/c1-23-17-30(32-20-28(12-8-16-38)34(40-4)22-26(32)10-6-14-36)24(2)18-29(23)31-19-27(11-7-15-37)33(39-3)21-25(31)9-5-13-35/h17-22H,5-16,35-38H2,1-4H3. The molecule has 0 aromatic heterocycles. The largest absolute Gasteiger partial charge is 0.496 e. The molecule has 3 rings (SSSR count). The van der Waals surface area contributed by atoms with E-state index in [-0.39, 0.29) is 0 Å². The Morgan fingerprint density at radius 2 is 0.775 bits per heavy atom. The molecule has 0 unspecified atom stereocenters. The molecule has 0 amide bonds. The Morgan fingerprint density at radius 3 is 1.07 bits per heavy atom. The summed E-state index contributed by atoms with van der Waals surface area (Å²) in [4.78, 5) is 0. The highest BCUT2D eigenvalue weighted by molar-refractivity contribution is 5.80. The molecule has 0 radical (unpaired) electrons. The van der Waals surface area contributed by atoms with E-state index in [2.05, 4.69) is 50.2 Å². The van der Waals surface area contributed by atoms with Crippen molar-refractivity contribution in [3.05, 3.63) is 69.8 Å². The number of benzene rings is 3. The first-order chi connectivity index (χ1) is 19.4. The van der Waals surface area contributed by atoms with Gasteiger partial charge in [-0.3, -0.25) is 0 Å². The van der Waals surface area contributed by atoms with E-state index >= 15 is 0 Å². The first-order valence-electron chi connectivity index (χ1n) is 14.7. The van der Waals surface area contributed by atoms with Crippen molar-refractivity contribution < 1.29 is 9.47 Å². The monoisotopic (exact) mass is 546 g/mol. The second-order valence-corrected chi connectivity index (χ2v) is 10.7. The molecule has 0 fully saturated rings. The van der Waals surface area contributed by atoms with E-state index in [1.807, 2.05) is 0 Å². The van der Waals surface area contributed by atoms with Crippen LogP contribution in [0.25, 0.3) is 22.3 Å². The highest BCUT2D eigenvalue weighted by atomic mass is 16.5. The summed E-state index contributed by atoms with van der Waals surface area (Å²) in [5.74, 6) is 1.87. The van der Waals surface area contributed by atoms with Crippen molar-refractivity contribution in [3.63, 3.8) is 0 Å². The van der Waals surface area contributed by atoms with Gasteiger partial charge in [0.2, 0.25) is 0 Å².